The molecule has 0 saturated carbocycles. The third-order valence-electron chi connectivity index (χ3n) is 9.03. The van der Waals surface area contributed by atoms with Crippen molar-refractivity contribution in [3.8, 4) is 11.3 Å². The SMILES string of the molecule is C[C@@H](CO)NC(=O)N(CC1CN(C(=O)O)CC1F)[C@@H](c1nc(-c2cc(F)ccc2F)cn1Cc1ccccc1)C1(C)CCOCC1. The van der Waals surface area contributed by atoms with E-state index in [2.05, 4.69) is 5.32 Å². The molecule has 1 aromatic heterocycles. The number of imidazole rings is 1. The highest BCUT2D eigenvalue weighted by atomic mass is 19.1. The number of amides is 3. The molecule has 4 atom stereocenters. The minimum Gasteiger partial charge on any atom is -0.465 e. The maximum absolute atomic E-state index is 15.4. The zero-order chi connectivity index (χ0) is 33.0. The second kappa shape index (κ2) is 14.1. The Bertz CT molecular complexity index is 1520. The van der Waals surface area contributed by atoms with Crippen LogP contribution >= 0.6 is 0 Å². The van der Waals surface area contributed by atoms with Crippen molar-refractivity contribution < 1.29 is 37.7 Å². The summed E-state index contributed by atoms with van der Waals surface area (Å²) in [5, 5.41) is 22.1. The minimum absolute atomic E-state index is 0.0504. The van der Waals surface area contributed by atoms with Gasteiger partial charge in [0.2, 0.25) is 0 Å². The van der Waals surface area contributed by atoms with Gasteiger partial charge in [0.15, 0.2) is 0 Å². The number of alkyl halides is 1. The highest BCUT2D eigenvalue weighted by Crippen LogP contribution is 2.47. The van der Waals surface area contributed by atoms with E-state index in [0.29, 0.717) is 31.9 Å². The van der Waals surface area contributed by atoms with E-state index in [-0.39, 0.29) is 44.0 Å². The van der Waals surface area contributed by atoms with Crippen LogP contribution in [-0.4, -0.2) is 93.4 Å². The van der Waals surface area contributed by atoms with Crippen LogP contribution in [0.5, 0.6) is 0 Å². The lowest BCUT2D eigenvalue weighted by Gasteiger charge is -2.46. The zero-order valence-electron chi connectivity index (χ0n) is 25.9. The quantitative estimate of drug-likeness (QED) is 0.284. The maximum atomic E-state index is 15.4. The van der Waals surface area contributed by atoms with E-state index in [4.69, 9.17) is 9.72 Å². The summed E-state index contributed by atoms with van der Waals surface area (Å²) in [6.07, 6.45) is -0.135. The van der Waals surface area contributed by atoms with Crippen molar-refractivity contribution in [1.29, 1.82) is 0 Å². The molecule has 2 aliphatic heterocycles. The number of hydrogen-bond acceptors (Lipinski definition) is 5. The van der Waals surface area contributed by atoms with E-state index >= 15 is 8.78 Å². The molecule has 3 amide bonds. The number of ether oxygens (including phenoxy) is 1. The summed E-state index contributed by atoms with van der Waals surface area (Å²) in [6.45, 7) is 3.76. The number of urea groups is 1. The summed E-state index contributed by atoms with van der Waals surface area (Å²) >= 11 is 0. The minimum atomic E-state index is -1.52. The second-order valence-electron chi connectivity index (χ2n) is 12.5. The fraction of sp³-hybridized carbons (Fsp3) is 0.485. The zero-order valence-corrected chi connectivity index (χ0v) is 25.9. The Balaban J connectivity index is 1.68. The van der Waals surface area contributed by atoms with Gasteiger partial charge >= 0.3 is 12.1 Å². The topological polar surface area (TPSA) is 120 Å². The monoisotopic (exact) mass is 643 g/mol. The van der Waals surface area contributed by atoms with E-state index < -0.39 is 53.3 Å². The smallest absolute Gasteiger partial charge is 0.407 e. The number of aliphatic hydroxyl groups is 1. The van der Waals surface area contributed by atoms with Crippen molar-refractivity contribution in [1.82, 2.24) is 24.7 Å². The maximum Gasteiger partial charge on any atom is 0.407 e. The molecule has 2 saturated heterocycles. The van der Waals surface area contributed by atoms with Gasteiger partial charge in [0.05, 0.1) is 30.9 Å². The number of carbonyl (C=O) groups is 2. The Morgan fingerprint density at radius 1 is 1.15 bits per heavy atom. The lowest BCUT2D eigenvalue weighted by Crippen LogP contribution is -2.54. The summed E-state index contributed by atoms with van der Waals surface area (Å²) in [5.41, 5.74) is 0.330. The van der Waals surface area contributed by atoms with Crippen LogP contribution in [0.1, 0.15) is 44.1 Å². The molecule has 248 valence electrons. The van der Waals surface area contributed by atoms with Crippen molar-refractivity contribution >= 4 is 12.1 Å². The Hall–Kier alpha value is -4.10. The van der Waals surface area contributed by atoms with E-state index in [1.165, 1.54) is 4.90 Å². The Kier molecular flexibility index (Phi) is 10.2. The average Bonchev–Trinajstić information content (AvgIpc) is 3.61. The molecule has 13 heteroatoms. The van der Waals surface area contributed by atoms with Gasteiger partial charge in [-0.25, -0.2) is 27.7 Å². The average molecular weight is 644 g/mol. The van der Waals surface area contributed by atoms with Gasteiger partial charge in [-0.3, -0.25) is 0 Å². The summed E-state index contributed by atoms with van der Waals surface area (Å²) in [7, 11) is 0. The summed E-state index contributed by atoms with van der Waals surface area (Å²) in [5.74, 6) is -1.77. The van der Waals surface area contributed by atoms with E-state index in [1.54, 1.807) is 17.7 Å². The standard InChI is InChI=1S/C33H40F3N5O5/c1-21(20-42)37-31(43)41(17-23-16-40(32(44)45)18-27(23)36)29(33(2)10-12-46-13-11-33)30-38-28(25-14-24(34)8-9-26(25)35)19-39(30)15-22-6-4-3-5-7-22/h3-9,14,19,21,23,27,29,42H,10-13,15-18,20H2,1-2H3,(H,37,43)(H,44,45)/t21-,23?,27?,29-/m0/s1. The van der Waals surface area contributed by atoms with Crippen LogP contribution in [-0.2, 0) is 11.3 Å². The van der Waals surface area contributed by atoms with E-state index in [1.807, 2.05) is 37.3 Å². The van der Waals surface area contributed by atoms with Crippen LogP contribution in [0, 0.1) is 23.0 Å². The number of hydrogen-bond donors (Lipinski definition) is 3. The Morgan fingerprint density at radius 3 is 2.52 bits per heavy atom. The van der Waals surface area contributed by atoms with Crippen LogP contribution in [0.3, 0.4) is 0 Å². The molecule has 3 N–H and O–H groups in total. The number of rotatable bonds is 10. The first kappa shape index (κ1) is 33.3. The molecule has 0 bridgehead atoms. The first-order valence-electron chi connectivity index (χ1n) is 15.4. The number of nitrogens with one attached hydrogen (secondary N) is 1. The first-order valence-corrected chi connectivity index (χ1v) is 15.4. The Labute approximate surface area is 265 Å². The van der Waals surface area contributed by atoms with Crippen molar-refractivity contribution in [3.63, 3.8) is 0 Å². The number of halogens is 3. The molecular weight excluding hydrogens is 603 g/mol. The predicted octanol–water partition coefficient (Wildman–Crippen LogP) is 5.07. The van der Waals surface area contributed by atoms with Gasteiger partial charge in [-0.1, -0.05) is 37.3 Å². The molecule has 5 rings (SSSR count). The number of likely N-dealkylation sites (tertiary alicyclic amines) is 1. The lowest BCUT2D eigenvalue weighted by molar-refractivity contribution is -0.0285. The summed E-state index contributed by atoms with van der Waals surface area (Å²) in [6, 6.07) is 10.5. The van der Waals surface area contributed by atoms with Gasteiger partial charge < -0.3 is 34.6 Å². The third-order valence-corrected chi connectivity index (χ3v) is 9.03. The van der Waals surface area contributed by atoms with Crippen LogP contribution in [0.2, 0.25) is 0 Å². The number of carboxylic acid groups (broad SMARTS) is 1. The van der Waals surface area contributed by atoms with E-state index in [9.17, 15) is 24.2 Å². The van der Waals surface area contributed by atoms with Crippen LogP contribution < -0.4 is 5.32 Å². The molecule has 3 aromatic rings. The Morgan fingerprint density at radius 2 is 1.87 bits per heavy atom. The largest absolute Gasteiger partial charge is 0.465 e. The molecular formula is C33H40F3N5O5. The fourth-order valence-corrected chi connectivity index (χ4v) is 6.37. The molecule has 0 spiro atoms. The number of benzene rings is 2. The molecule has 2 aliphatic rings. The fourth-order valence-electron chi connectivity index (χ4n) is 6.37. The normalized spacial score (nSPS) is 20.7. The molecule has 0 radical (unpaired) electrons. The third kappa shape index (κ3) is 7.31. The van der Waals surface area contributed by atoms with Crippen LogP contribution in [0.15, 0.2) is 54.7 Å². The van der Waals surface area contributed by atoms with Crippen LogP contribution in [0.25, 0.3) is 11.3 Å². The van der Waals surface area contributed by atoms with Gasteiger partial charge in [0.1, 0.15) is 23.6 Å². The van der Waals surface area contributed by atoms with Crippen LogP contribution in [0.4, 0.5) is 22.8 Å². The predicted molar refractivity (Wildman–Crippen MR) is 164 cm³/mol. The second-order valence-corrected chi connectivity index (χ2v) is 12.5. The lowest BCUT2D eigenvalue weighted by atomic mass is 9.74. The molecule has 10 nitrogen and oxygen atoms in total. The molecule has 3 heterocycles. The first-order chi connectivity index (χ1) is 22.0. The van der Waals surface area contributed by atoms with Crippen molar-refractivity contribution in [2.45, 2.75) is 51.5 Å². The highest BCUT2D eigenvalue weighted by Gasteiger charge is 2.47. The van der Waals surface area contributed by atoms with Crippen molar-refractivity contribution in [3.05, 3.63) is 77.8 Å². The summed E-state index contributed by atoms with van der Waals surface area (Å²) in [4.78, 5) is 33.2. The molecule has 2 fully saturated rings. The number of nitrogens with zero attached hydrogens (tertiary/aromatic N) is 4. The molecule has 46 heavy (non-hydrogen) atoms. The van der Waals surface area contributed by atoms with Gasteiger partial charge in [-0.15, -0.1) is 0 Å². The van der Waals surface area contributed by atoms with Gasteiger partial charge in [0, 0.05) is 50.5 Å². The van der Waals surface area contributed by atoms with E-state index in [0.717, 1.165) is 28.7 Å². The van der Waals surface area contributed by atoms with Crippen molar-refractivity contribution in [2.24, 2.45) is 11.3 Å². The number of carbonyl (C=O) groups excluding carboxylic acids is 1. The van der Waals surface area contributed by atoms with Crippen molar-refractivity contribution in [2.75, 3.05) is 39.5 Å². The van der Waals surface area contributed by atoms with Gasteiger partial charge in [-0.05, 0) is 48.9 Å². The number of aromatic nitrogens is 2. The molecule has 0 aliphatic carbocycles. The highest BCUT2D eigenvalue weighted by molar-refractivity contribution is 5.75. The van der Waals surface area contributed by atoms with Gasteiger partial charge in [-0.2, -0.15) is 0 Å². The van der Waals surface area contributed by atoms with Gasteiger partial charge in [0.25, 0.3) is 0 Å². The summed E-state index contributed by atoms with van der Waals surface area (Å²) < 4.78 is 52.4. The molecule has 2 aromatic carbocycles. The number of aliphatic hydroxyl groups excluding tert-OH is 1. The molecule has 2 unspecified atom stereocenters.